The van der Waals surface area contributed by atoms with Crippen LogP contribution in [0.4, 0.5) is 5.69 Å². The van der Waals surface area contributed by atoms with E-state index in [1.807, 2.05) is 6.26 Å². The number of carbonyl (C=O) groups is 1. The molecule has 0 amide bonds. The number of nitro groups is 1. The fourth-order valence-corrected chi connectivity index (χ4v) is 1.65. The molecule has 0 radical (unpaired) electrons. The highest BCUT2D eigenvalue weighted by Gasteiger charge is 2.16. The number of methoxy groups -OCH3 is 1. The smallest absolute Gasteiger partial charge is 0.310 e. The molecule has 5 nitrogen and oxygen atoms in total. The SMILES string of the molecule is COc1cc(C(=O)CSC)ccc1[N+](=O)[O-]. The minimum absolute atomic E-state index is 0.0688. The van der Waals surface area contributed by atoms with Gasteiger partial charge in [0, 0.05) is 11.6 Å². The van der Waals surface area contributed by atoms with Crippen LogP contribution in [0.15, 0.2) is 18.2 Å². The Kier molecular flexibility index (Phi) is 4.30. The maximum Gasteiger partial charge on any atom is 0.310 e. The standard InChI is InChI=1S/C10H11NO4S/c1-15-10-5-7(9(12)6-16-2)3-4-8(10)11(13)14/h3-5H,6H2,1-2H3. The van der Waals surface area contributed by atoms with Gasteiger partial charge in [0.1, 0.15) is 0 Å². The van der Waals surface area contributed by atoms with E-state index in [1.54, 1.807) is 0 Å². The number of nitrogens with zero attached hydrogens (tertiary/aromatic N) is 1. The Labute approximate surface area is 96.9 Å². The van der Waals surface area contributed by atoms with Crippen LogP contribution in [0.1, 0.15) is 10.4 Å². The summed E-state index contributed by atoms with van der Waals surface area (Å²) in [6.45, 7) is 0. The van der Waals surface area contributed by atoms with Crippen LogP contribution in [0.2, 0.25) is 0 Å². The minimum atomic E-state index is -0.540. The number of nitro benzene ring substituents is 1. The van der Waals surface area contributed by atoms with Gasteiger partial charge < -0.3 is 4.74 Å². The number of thioether (sulfide) groups is 1. The minimum Gasteiger partial charge on any atom is -0.490 e. The van der Waals surface area contributed by atoms with Gasteiger partial charge in [-0.1, -0.05) is 0 Å². The molecule has 1 aromatic carbocycles. The summed E-state index contributed by atoms with van der Waals surface area (Å²) in [7, 11) is 1.34. The maximum atomic E-state index is 11.5. The maximum absolute atomic E-state index is 11.5. The largest absolute Gasteiger partial charge is 0.490 e. The highest BCUT2D eigenvalue weighted by molar-refractivity contribution is 7.99. The summed E-state index contributed by atoms with van der Waals surface area (Å²) in [6, 6.07) is 4.13. The zero-order chi connectivity index (χ0) is 12.1. The van der Waals surface area contributed by atoms with Gasteiger partial charge in [-0.15, -0.1) is 0 Å². The molecule has 0 aliphatic rings. The van der Waals surface area contributed by atoms with Gasteiger partial charge in [-0.2, -0.15) is 11.8 Å². The van der Waals surface area contributed by atoms with E-state index in [4.69, 9.17) is 4.74 Å². The number of hydrogen-bond acceptors (Lipinski definition) is 5. The number of benzene rings is 1. The Hall–Kier alpha value is -1.56. The van der Waals surface area contributed by atoms with Crippen LogP contribution < -0.4 is 4.74 Å². The monoisotopic (exact) mass is 241 g/mol. The molecule has 0 bridgehead atoms. The lowest BCUT2D eigenvalue weighted by molar-refractivity contribution is -0.385. The number of Topliss-reactive ketones (excluding diaryl/α,β-unsaturated/α-hetero) is 1. The number of ketones is 1. The lowest BCUT2D eigenvalue weighted by Gasteiger charge is -2.04. The molecule has 0 saturated carbocycles. The first-order chi connectivity index (χ1) is 7.60. The van der Waals surface area contributed by atoms with Crippen LogP contribution in [-0.2, 0) is 0 Å². The van der Waals surface area contributed by atoms with Gasteiger partial charge in [0.05, 0.1) is 17.8 Å². The van der Waals surface area contributed by atoms with Crippen LogP contribution in [0.25, 0.3) is 0 Å². The summed E-state index contributed by atoms with van der Waals surface area (Å²) in [5.41, 5.74) is 0.292. The number of rotatable bonds is 5. The van der Waals surface area contributed by atoms with Gasteiger partial charge >= 0.3 is 5.69 Å². The van der Waals surface area contributed by atoms with Crippen molar-refractivity contribution in [3.8, 4) is 5.75 Å². The molecule has 0 fully saturated rings. The summed E-state index contributed by atoms with van der Waals surface area (Å²) in [4.78, 5) is 21.6. The van der Waals surface area contributed by atoms with E-state index in [0.29, 0.717) is 11.3 Å². The first-order valence-electron chi connectivity index (χ1n) is 4.44. The zero-order valence-electron chi connectivity index (χ0n) is 8.93. The van der Waals surface area contributed by atoms with Gasteiger partial charge in [0.2, 0.25) is 0 Å². The van der Waals surface area contributed by atoms with E-state index in [0.717, 1.165) is 0 Å². The summed E-state index contributed by atoms with van der Waals surface area (Å²) in [5.74, 6) is 0.388. The molecule has 0 saturated heterocycles. The molecule has 0 aromatic heterocycles. The Morgan fingerprint density at radius 2 is 2.25 bits per heavy atom. The van der Waals surface area contributed by atoms with E-state index >= 15 is 0 Å². The molecule has 86 valence electrons. The molecule has 0 aliphatic carbocycles. The van der Waals surface area contributed by atoms with Crippen molar-refractivity contribution in [3.05, 3.63) is 33.9 Å². The van der Waals surface area contributed by atoms with Crippen molar-refractivity contribution in [1.82, 2.24) is 0 Å². The molecule has 0 aliphatic heterocycles. The van der Waals surface area contributed by atoms with Crippen LogP contribution >= 0.6 is 11.8 Å². The van der Waals surface area contributed by atoms with E-state index in [-0.39, 0.29) is 17.2 Å². The second kappa shape index (κ2) is 5.50. The van der Waals surface area contributed by atoms with Crippen molar-refractivity contribution in [3.63, 3.8) is 0 Å². The molecule has 1 aromatic rings. The molecule has 0 atom stereocenters. The molecular formula is C10H11NO4S. The molecule has 1 rings (SSSR count). The average molecular weight is 241 g/mol. The van der Waals surface area contributed by atoms with E-state index in [2.05, 4.69) is 0 Å². The number of ether oxygens (including phenoxy) is 1. The third kappa shape index (κ3) is 2.73. The lowest BCUT2D eigenvalue weighted by atomic mass is 10.1. The molecule has 0 unspecified atom stereocenters. The third-order valence-electron chi connectivity index (χ3n) is 1.97. The fourth-order valence-electron chi connectivity index (χ4n) is 1.22. The van der Waals surface area contributed by atoms with Crippen molar-refractivity contribution in [2.45, 2.75) is 0 Å². The lowest BCUT2D eigenvalue weighted by Crippen LogP contribution is -2.03. The van der Waals surface area contributed by atoms with Gasteiger partial charge in [0.25, 0.3) is 0 Å². The van der Waals surface area contributed by atoms with Crippen molar-refractivity contribution in [2.24, 2.45) is 0 Å². The molecule has 0 spiro atoms. The topological polar surface area (TPSA) is 69.4 Å². The van der Waals surface area contributed by atoms with Gasteiger partial charge in [-0.25, -0.2) is 0 Å². The van der Waals surface area contributed by atoms with Crippen molar-refractivity contribution in [2.75, 3.05) is 19.1 Å². The second-order valence-corrected chi connectivity index (χ2v) is 3.87. The summed E-state index contributed by atoms with van der Waals surface area (Å²) >= 11 is 1.40. The normalized spacial score (nSPS) is 9.88. The first-order valence-corrected chi connectivity index (χ1v) is 5.84. The summed E-state index contributed by atoms with van der Waals surface area (Å²) in [5, 5.41) is 10.6. The molecule has 6 heteroatoms. The molecule has 0 heterocycles. The Morgan fingerprint density at radius 3 is 2.75 bits per heavy atom. The van der Waals surface area contributed by atoms with Crippen LogP contribution in [0.5, 0.6) is 5.75 Å². The van der Waals surface area contributed by atoms with Crippen molar-refractivity contribution >= 4 is 23.2 Å². The molecule has 0 N–H and O–H groups in total. The summed E-state index contributed by atoms with van der Waals surface area (Å²) in [6.07, 6.45) is 1.82. The summed E-state index contributed by atoms with van der Waals surface area (Å²) < 4.78 is 4.87. The van der Waals surface area contributed by atoms with Gasteiger partial charge in [-0.05, 0) is 18.4 Å². The molecule has 16 heavy (non-hydrogen) atoms. The van der Waals surface area contributed by atoms with Crippen LogP contribution in [0.3, 0.4) is 0 Å². The van der Waals surface area contributed by atoms with Gasteiger partial charge in [0.15, 0.2) is 11.5 Å². The van der Waals surface area contributed by atoms with E-state index in [9.17, 15) is 14.9 Å². The van der Waals surface area contributed by atoms with E-state index in [1.165, 1.54) is 37.1 Å². The highest BCUT2D eigenvalue weighted by Crippen LogP contribution is 2.27. The second-order valence-electron chi connectivity index (χ2n) is 3.00. The van der Waals surface area contributed by atoms with Crippen LogP contribution in [0, 0.1) is 10.1 Å². The quantitative estimate of drug-likeness (QED) is 0.449. The predicted octanol–water partition coefficient (Wildman–Crippen LogP) is 2.15. The zero-order valence-corrected chi connectivity index (χ0v) is 9.74. The van der Waals surface area contributed by atoms with Gasteiger partial charge in [-0.3, -0.25) is 14.9 Å². The molecular weight excluding hydrogens is 230 g/mol. The predicted molar refractivity (Wildman–Crippen MR) is 62.4 cm³/mol. The van der Waals surface area contributed by atoms with E-state index < -0.39 is 4.92 Å². The first kappa shape index (κ1) is 12.5. The van der Waals surface area contributed by atoms with Crippen molar-refractivity contribution < 1.29 is 14.5 Å². The highest BCUT2D eigenvalue weighted by atomic mass is 32.2. The number of hydrogen-bond donors (Lipinski definition) is 0. The Bertz CT molecular complexity index is 419. The number of carbonyl (C=O) groups excluding carboxylic acids is 1. The average Bonchev–Trinajstić information content (AvgIpc) is 2.28. The third-order valence-corrected chi connectivity index (χ3v) is 2.52. The van der Waals surface area contributed by atoms with Crippen molar-refractivity contribution in [1.29, 1.82) is 0 Å². The fraction of sp³-hybridized carbons (Fsp3) is 0.300. The Balaban J connectivity index is 3.08. The van der Waals surface area contributed by atoms with Crippen LogP contribution in [-0.4, -0.2) is 29.8 Å². The Morgan fingerprint density at radius 1 is 1.56 bits per heavy atom.